The van der Waals surface area contributed by atoms with Crippen LogP contribution in [-0.4, -0.2) is 27.8 Å². The van der Waals surface area contributed by atoms with Crippen molar-refractivity contribution in [2.24, 2.45) is 0 Å². The number of benzene rings is 1. The van der Waals surface area contributed by atoms with Gasteiger partial charge in [0.05, 0.1) is 11.6 Å². The number of aliphatic hydroxyl groups excluding tert-OH is 1. The summed E-state index contributed by atoms with van der Waals surface area (Å²) in [6.07, 6.45) is -0.649. The van der Waals surface area contributed by atoms with Gasteiger partial charge in [0.1, 0.15) is 5.75 Å². The maximum atomic E-state index is 12.0. The third kappa shape index (κ3) is 3.20. The van der Waals surface area contributed by atoms with E-state index in [0.29, 0.717) is 11.1 Å². The Hall–Kier alpha value is -1.55. The Bertz CT molecular complexity index is 425. The van der Waals surface area contributed by atoms with Crippen molar-refractivity contribution < 1.29 is 15.0 Å². The largest absolute Gasteiger partial charge is 0.508 e. The van der Waals surface area contributed by atoms with Crippen LogP contribution in [0, 0.1) is 6.92 Å². The molecule has 0 aliphatic carbocycles. The Balaban J connectivity index is 2.91. The normalized spacial score (nSPS) is 13.2. The molecular formula is C13H19NO3. The molecule has 17 heavy (non-hydrogen) atoms. The molecule has 0 aliphatic rings. The van der Waals surface area contributed by atoms with Crippen molar-refractivity contribution in [2.75, 3.05) is 0 Å². The molecule has 0 aromatic heterocycles. The number of aliphatic hydroxyl groups is 1. The Morgan fingerprint density at radius 3 is 2.47 bits per heavy atom. The van der Waals surface area contributed by atoms with E-state index in [4.69, 9.17) is 0 Å². The molecule has 0 saturated heterocycles. The molecule has 4 nitrogen and oxygen atoms in total. The van der Waals surface area contributed by atoms with E-state index in [2.05, 4.69) is 5.32 Å². The highest BCUT2D eigenvalue weighted by Crippen LogP contribution is 2.17. The van der Waals surface area contributed by atoms with Crippen molar-refractivity contribution in [3.63, 3.8) is 0 Å². The Morgan fingerprint density at radius 2 is 2.00 bits per heavy atom. The summed E-state index contributed by atoms with van der Waals surface area (Å²) >= 11 is 0. The smallest absolute Gasteiger partial charge is 0.252 e. The summed E-state index contributed by atoms with van der Waals surface area (Å²) in [7, 11) is 0. The highest BCUT2D eigenvalue weighted by atomic mass is 16.3. The van der Waals surface area contributed by atoms with Gasteiger partial charge in [0.15, 0.2) is 0 Å². The zero-order valence-electron chi connectivity index (χ0n) is 10.6. The van der Waals surface area contributed by atoms with Crippen molar-refractivity contribution in [1.82, 2.24) is 5.32 Å². The number of phenolic OH excluding ortho intramolecular Hbond substituents is 1. The molecular weight excluding hydrogens is 218 g/mol. The van der Waals surface area contributed by atoms with Crippen LogP contribution in [0.3, 0.4) is 0 Å². The topological polar surface area (TPSA) is 69.6 Å². The predicted molar refractivity (Wildman–Crippen MR) is 66.1 cm³/mol. The van der Waals surface area contributed by atoms with Crippen LogP contribution in [0.25, 0.3) is 0 Å². The van der Waals surface area contributed by atoms with E-state index in [9.17, 15) is 15.0 Å². The number of amides is 1. The van der Waals surface area contributed by atoms with Gasteiger partial charge in [-0.3, -0.25) is 4.79 Å². The first-order valence-corrected chi connectivity index (χ1v) is 5.54. The number of aromatic hydroxyl groups is 1. The maximum Gasteiger partial charge on any atom is 0.252 e. The van der Waals surface area contributed by atoms with Crippen LogP contribution in [0.5, 0.6) is 5.75 Å². The summed E-state index contributed by atoms with van der Waals surface area (Å²) in [4.78, 5) is 12.0. The van der Waals surface area contributed by atoms with Crippen molar-refractivity contribution >= 4 is 5.91 Å². The number of hydrogen-bond acceptors (Lipinski definition) is 3. The van der Waals surface area contributed by atoms with Gasteiger partial charge in [-0.25, -0.2) is 0 Å². The fourth-order valence-electron chi connectivity index (χ4n) is 1.37. The molecule has 0 heterocycles. The Labute approximate surface area is 101 Å². The second kappa shape index (κ2) is 4.75. The second-order valence-corrected chi connectivity index (χ2v) is 4.85. The lowest BCUT2D eigenvalue weighted by molar-refractivity contribution is 0.0709. The predicted octanol–water partition coefficient (Wildman–Crippen LogP) is 1.59. The third-order valence-corrected chi connectivity index (χ3v) is 2.93. The molecule has 1 unspecified atom stereocenters. The standard InChI is InChI=1S/C13H19NO3/c1-8-7-10(16)5-6-11(8)12(17)14-13(3,4)9(2)15/h5-7,9,15-16H,1-4H3,(H,14,17). The molecule has 1 rings (SSSR count). The summed E-state index contributed by atoms with van der Waals surface area (Å²) in [6, 6.07) is 4.57. The van der Waals surface area contributed by atoms with Gasteiger partial charge < -0.3 is 15.5 Å². The molecule has 0 aliphatic heterocycles. The van der Waals surface area contributed by atoms with Crippen LogP contribution in [0.2, 0.25) is 0 Å². The Morgan fingerprint density at radius 1 is 1.41 bits per heavy atom. The molecule has 1 aromatic carbocycles. The van der Waals surface area contributed by atoms with Crippen LogP contribution in [0.1, 0.15) is 36.7 Å². The van der Waals surface area contributed by atoms with E-state index < -0.39 is 11.6 Å². The summed E-state index contributed by atoms with van der Waals surface area (Å²) in [5.41, 5.74) is 0.502. The molecule has 1 aromatic rings. The number of carbonyl (C=O) groups excluding carboxylic acids is 1. The lowest BCUT2D eigenvalue weighted by atomic mass is 9.97. The summed E-state index contributed by atoms with van der Waals surface area (Å²) in [6.45, 7) is 6.89. The van der Waals surface area contributed by atoms with Crippen LogP contribution < -0.4 is 5.32 Å². The van der Waals surface area contributed by atoms with Crippen LogP contribution in [0.4, 0.5) is 0 Å². The summed E-state index contributed by atoms with van der Waals surface area (Å²) < 4.78 is 0. The molecule has 1 amide bonds. The maximum absolute atomic E-state index is 12.0. The lowest BCUT2D eigenvalue weighted by Gasteiger charge is -2.29. The minimum Gasteiger partial charge on any atom is -0.508 e. The van der Waals surface area contributed by atoms with Gasteiger partial charge in [-0.2, -0.15) is 0 Å². The van der Waals surface area contributed by atoms with E-state index in [1.54, 1.807) is 33.8 Å². The van der Waals surface area contributed by atoms with Crippen LogP contribution in [0.15, 0.2) is 18.2 Å². The quantitative estimate of drug-likeness (QED) is 0.747. The fraction of sp³-hybridized carbons (Fsp3) is 0.462. The van der Waals surface area contributed by atoms with E-state index >= 15 is 0 Å². The highest BCUT2D eigenvalue weighted by molar-refractivity contribution is 5.96. The summed E-state index contributed by atoms with van der Waals surface area (Å²) in [5.74, 6) is -0.123. The van der Waals surface area contributed by atoms with Crippen molar-refractivity contribution in [3.8, 4) is 5.75 Å². The number of aryl methyl sites for hydroxylation is 1. The van der Waals surface area contributed by atoms with Gasteiger partial charge in [-0.15, -0.1) is 0 Å². The van der Waals surface area contributed by atoms with Gasteiger partial charge in [0.2, 0.25) is 0 Å². The molecule has 3 N–H and O–H groups in total. The molecule has 0 radical (unpaired) electrons. The molecule has 4 heteroatoms. The van der Waals surface area contributed by atoms with Crippen molar-refractivity contribution in [3.05, 3.63) is 29.3 Å². The monoisotopic (exact) mass is 237 g/mol. The van der Waals surface area contributed by atoms with Gasteiger partial charge in [0, 0.05) is 5.56 Å². The summed E-state index contributed by atoms with van der Waals surface area (Å²) in [5, 5.41) is 21.6. The zero-order valence-corrected chi connectivity index (χ0v) is 10.6. The van der Waals surface area contributed by atoms with E-state index in [-0.39, 0.29) is 11.7 Å². The van der Waals surface area contributed by atoms with Gasteiger partial charge >= 0.3 is 0 Å². The Kier molecular flexibility index (Phi) is 3.78. The first-order chi connectivity index (χ1) is 7.74. The molecule has 0 spiro atoms. The zero-order chi connectivity index (χ0) is 13.2. The minimum atomic E-state index is -0.693. The van der Waals surface area contributed by atoms with E-state index in [0.717, 1.165) is 0 Å². The number of hydrogen-bond donors (Lipinski definition) is 3. The molecule has 0 fully saturated rings. The third-order valence-electron chi connectivity index (χ3n) is 2.93. The molecule has 1 atom stereocenters. The van der Waals surface area contributed by atoms with Crippen molar-refractivity contribution in [1.29, 1.82) is 0 Å². The number of rotatable bonds is 3. The highest BCUT2D eigenvalue weighted by Gasteiger charge is 2.26. The molecule has 0 bridgehead atoms. The average molecular weight is 237 g/mol. The lowest BCUT2D eigenvalue weighted by Crippen LogP contribution is -2.51. The average Bonchev–Trinajstić information content (AvgIpc) is 2.15. The minimum absolute atomic E-state index is 0.133. The second-order valence-electron chi connectivity index (χ2n) is 4.85. The van der Waals surface area contributed by atoms with Crippen LogP contribution in [-0.2, 0) is 0 Å². The van der Waals surface area contributed by atoms with Gasteiger partial charge in [0.25, 0.3) is 5.91 Å². The number of phenols is 1. The van der Waals surface area contributed by atoms with Gasteiger partial charge in [-0.1, -0.05) is 0 Å². The first-order valence-electron chi connectivity index (χ1n) is 5.54. The first kappa shape index (κ1) is 13.5. The van der Waals surface area contributed by atoms with E-state index in [1.807, 2.05) is 0 Å². The molecule has 0 saturated carbocycles. The van der Waals surface area contributed by atoms with Crippen LogP contribution >= 0.6 is 0 Å². The van der Waals surface area contributed by atoms with Crippen molar-refractivity contribution in [2.45, 2.75) is 39.3 Å². The van der Waals surface area contributed by atoms with E-state index in [1.165, 1.54) is 12.1 Å². The van der Waals surface area contributed by atoms with Gasteiger partial charge in [-0.05, 0) is 51.5 Å². The fourth-order valence-corrected chi connectivity index (χ4v) is 1.37. The number of nitrogens with one attached hydrogen (secondary N) is 1. The SMILES string of the molecule is Cc1cc(O)ccc1C(=O)NC(C)(C)C(C)O. The molecule has 94 valence electrons. The number of carbonyl (C=O) groups is 1.